The summed E-state index contributed by atoms with van der Waals surface area (Å²) in [6.07, 6.45) is 3.28. The number of benzene rings is 1. The van der Waals surface area contributed by atoms with E-state index in [9.17, 15) is 4.79 Å². The second-order valence-corrected chi connectivity index (χ2v) is 6.74. The molecule has 1 aliphatic carbocycles. The number of fused-ring (bicyclic) bond motifs is 2. The van der Waals surface area contributed by atoms with Gasteiger partial charge < -0.3 is 10.6 Å². The van der Waals surface area contributed by atoms with E-state index in [4.69, 9.17) is 5.73 Å². The first kappa shape index (κ1) is 14.5. The van der Waals surface area contributed by atoms with Crippen LogP contribution in [0.15, 0.2) is 24.3 Å². The summed E-state index contributed by atoms with van der Waals surface area (Å²) in [6, 6.07) is 8.82. The fourth-order valence-corrected chi connectivity index (χ4v) is 3.89. The van der Waals surface area contributed by atoms with E-state index >= 15 is 0 Å². The Labute approximate surface area is 126 Å². The molecule has 1 fully saturated rings. The highest BCUT2D eigenvalue weighted by atomic mass is 16.2. The average molecular weight is 287 g/mol. The second kappa shape index (κ2) is 5.43. The van der Waals surface area contributed by atoms with Gasteiger partial charge in [-0.1, -0.05) is 24.3 Å². The number of nitrogens with two attached hydrogens (primary N) is 1. The van der Waals surface area contributed by atoms with Gasteiger partial charge in [-0.25, -0.2) is 0 Å². The zero-order chi connectivity index (χ0) is 15.0. The molecule has 1 saturated heterocycles. The van der Waals surface area contributed by atoms with Crippen LogP contribution >= 0.6 is 0 Å². The number of carbonyl (C=O) groups excluding carboxylic acids is 1. The summed E-state index contributed by atoms with van der Waals surface area (Å²) in [5.41, 5.74) is 9.36. The van der Waals surface area contributed by atoms with Gasteiger partial charge >= 0.3 is 0 Å². The minimum Gasteiger partial charge on any atom is -0.348 e. The Kier molecular flexibility index (Phi) is 3.76. The maximum atomic E-state index is 11.8. The third-order valence-corrected chi connectivity index (χ3v) is 5.21. The van der Waals surface area contributed by atoms with Crippen LogP contribution in [-0.2, 0) is 10.2 Å². The fraction of sp³-hybridized carbons (Fsp3) is 0.588. The summed E-state index contributed by atoms with van der Waals surface area (Å²) in [5.74, 6) is 0.189. The van der Waals surface area contributed by atoms with E-state index in [-0.39, 0.29) is 17.4 Å². The molecular formula is C17H25N3O. The quantitative estimate of drug-likeness (QED) is 0.897. The summed E-state index contributed by atoms with van der Waals surface area (Å²) in [5, 5.41) is 0. The molecule has 0 bridgehead atoms. The number of amides is 1. The number of likely N-dealkylation sites (N-methyl/N-ethyl adjacent to an activating group) is 1. The van der Waals surface area contributed by atoms with Crippen LogP contribution in [0.4, 0.5) is 0 Å². The van der Waals surface area contributed by atoms with Crippen molar-refractivity contribution < 1.29 is 4.79 Å². The standard InChI is InChI=1S/C17H25N3O/c1-19(2)16(21)12-20-9-7-17(8-10-20)11-15(18)13-5-3-4-6-14(13)17/h3-6,15H,7-12,18H2,1-2H3. The molecule has 1 aromatic rings. The molecule has 1 unspecified atom stereocenters. The smallest absolute Gasteiger partial charge is 0.236 e. The second-order valence-electron chi connectivity index (χ2n) is 6.74. The lowest BCUT2D eigenvalue weighted by molar-refractivity contribution is -0.130. The highest BCUT2D eigenvalue weighted by Crippen LogP contribution is 2.49. The SMILES string of the molecule is CN(C)C(=O)CN1CCC2(CC1)CC(N)c1ccccc12. The largest absolute Gasteiger partial charge is 0.348 e. The molecule has 21 heavy (non-hydrogen) atoms. The van der Waals surface area contributed by atoms with Crippen molar-refractivity contribution in [1.82, 2.24) is 9.80 Å². The Hall–Kier alpha value is -1.39. The Balaban J connectivity index is 1.70. The van der Waals surface area contributed by atoms with Crippen molar-refractivity contribution >= 4 is 5.91 Å². The number of likely N-dealkylation sites (tertiary alicyclic amines) is 1. The Morgan fingerprint density at radius 3 is 2.67 bits per heavy atom. The van der Waals surface area contributed by atoms with Gasteiger partial charge in [0.05, 0.1) is 6.54 Å². The third-order valence-electron chi connectivity index (χ3n) is 5.21. The first-order valence-electron chi connectivity index (χ1n) is 7.79. The number of piperidine rings is 1. The maximum Gasteiger partial charge on any atom is 0.236 e. The lowest BCUT2D eigenvalue weighted by Crippen LogP contribution is -2.45. The normalized spacial score (nSPS) is 24.0. The Morgan fingerprint density at radius 1 is 1.33 bits per heavy atom. The van der Waals surface area contributed by atoms with Crippen LogP contribution in [0.5, 0.6) is 0 Å². The summed E-state index contributed by atoms with van der Waals surface area (Å²) in [6.45, 7) is 2.51. The van der Waals surface area contributed by atoms with E-state index in [0.29, 0.717) is 6.54 Å². The number of nitrogens with zero attached hydrogens (tertiary/aromatic N) is 2. The molecule has 0 saturated carbocycles. The first-order valence-corrected chi connectivity index (χ1v) is 7.79. The highest BCUT2D eigenvalue weighted by molar-refractivity contribution is 5.77. The molecule has 1 amide bonds. The molecule has 4 heteroatoms. The van der Waals surface area contributed by atoms with E-state index in [0.717, 1.165) is 32.4 Å². The fourth-order valence-electron chi connectivity index (χ4n) is 3.89. The molecular weight excluding hydrogens is 262 g/mol. The van der Waals surface area contributed by atoms with Gasteiger partial charge in [0, 0.05) is 20.1 Å². The summed E-state index contributed by atoms with van der Waals surface area (Å²) < 4.78 is 0. The van der Waals surface area contributed by atoms with Gasteiger partial charge in [-0.15, -0.1) is 0 Å². The van der Waals surface area contributed by atoms with Crippen molar-refractivity contribution in [3.8, 4) is 0 Å². The van der Waals surface area contributed by atoms with Gasteiger partial charge in [0.15, 0.2) is 0 Å². The molecule has 1 spiro atoms. The molecule has 1 atom stereocenters. The molecule has 0 aromatic heterocycles. The van der Waals surface area contributed by atoms with Crippen molar-refractivity contribution in [2.45, 2.75) is 30.7 Å². The van der Waals surface area contributed by atoms with E-state index < -0.39 is 0 Å². The number of carbonyl (C=O) groups is 1. The topological polar surface area (TPSA) is 49.6 Å². The number of hydrogen-bond acceptors (Lipinski definition) is 3. The van der Waals surface area contributed by atoms with Gasteiger partial charge in [-0.3, -0.25) is 9.69 Å². The van der Waals surface area contributed by atoms with Crippen LogP contribution < -0.4 is 5.73 Å². The number of hydrogen-bond donors (Lipinski definition) is 1. The van der Waals surface area contributed by atoms with Crippen LogP contribution in [0.2, 0.25) is 0 Å². The average Bonchev–Trinajstić information content (AvgIpc) is 2.75. The van der Waals surface area contributed by atoms with Crippen molar-refractivity contribution in [2.75, 3.05) is 33.7 Å². The van der Waals surface area contributed by atoms with E-state index in [2.05, 4.69) is 29.2 Å². The molecule has 2 aliphatic rings. The van der Waals surface area contributed by atoms with Gasteiger partial charge in [-0.05, 0) is 48.9 Å². The molecule has 1 aromatic carbocycles. The van der Waals surface area contributed by atoms with Crippen molar-refractivity contribution in [1.29, 1.82) is 0 Å². The van der Waals surface area contributed by atoms with Crippen LogP contribution in [0.25, 0.3) is 0 Å². The van der Waals surface area contributed by atoms with Crippen LogP contribution in [0, 0.1) is 0 Å². The van der Waals surface area contributed by atoms with Crippen molar-refractivity contribution in [3.63, 3.8) is 0 Å². The van der Waals surface area contributed by atoms with Gasteiger partial charge in [-0.2, -0.15) is 0 Å². The van der Waals surface area contributed by atoms with Gasteiger partial charge in [0.25, 0.3) is 0 Å². The molecule has 0 radical (unpaired) electrons. The summed E-state index contributed by atoms with van der Waals surface area (Å²) in [7, 11) is 3.64. The lowest BCUT2D eigenvalue weighted by atomic mass is 9.73. The Bertz CT molecular complexity index is 533. The molecule has 114 valence electrons. The summed E-state index contributed by atoms with van der Waals surface area (Å²) >= 11 is 0. The monoisotopic (exact) mass is 287 g/mol. The number of rotatable bonds is 2. The van der Waals surface area contributed by atoms with E-state index in [1.807, 2.05) is 14.1 Å². The van der Waals surface area contributed by atoms with Gasteiger partial charge in [0.1, 0.15) is 0 Å². The predicted octanol–water partition coefficient (Wildman–Crippen LogP) is 1.51. The summed E-state index contributed by atoms with van der Waals surface area (Å²) in [4.78, 5) is 15.8. The minimum atomic E-state index is 0.177. The van der Waals surface area contributed by atoms with Gasteiger partial charge in [0.2, 0.25) is 5.91 Å². The Morgan fingerprint density at radius 2 is 2.00 bits per heavy atom. The van der Waals surface area contributed by atoms with Crippen LogP contribution in [0.1, 0.15) is 36.4 Å². The van der Waals surface area contributed by atoms with Crippen molar-refractivity contribution in [2.24, 2.45) is 5.73 Å². The third kappa shape index (κ3) is 2.58. The van der Waals surface area contributed by atoms with E-state index in [1.165, 1.54) is 11.1 Å². The predicted molar refractivity (Wildman–Crippen MR) is 84.0 cm³/mol. The molecule has 4 nitrogen and oxygen atoms in total. The van der Waals surface area contributed by atoms with Crippen LogP contribution in [-0.4, -0.2) is 49.4 Å². The first-order chi connectivity index (χ1) is 10.0. The lowest BCUT2D eigenvalue weighted by Gasteiger charge is -2.40. The minimum absolute atomic E-state index is 0.177. The molecule has 1 heterocycles. The zero-order valence-electron chi connectivity index (χ0n) is 13.0. The van der Waals surface area contributed by atoms with Crippen molar-refractivity contribution in [3.05, 3.63) is 35.4 Å². The maximum absolute atomic E-state index is 11.8. The molecule has 2 N–H and O–H groups in total. The molecule has 1 aliphatic heterocycles. The van der Waals surface area contributed by atoms with Crippen LogP contribution in [0.3, 0.4) is 0 Å². The van der Waals surface area contributed by atoms with E-state index in [1.54, 1.807) is 4.90 Å². The highest BCUT2D eigenvalue weighted by Gasteiger charge is 2.44. The zero-order valence-corrected chi connectivity index (χ0v) is 13.0. The molecule has 3 rings (SSSR count).